The van der Waals surface area contributed by atoms with Gasteiger partial charge >= 0.3 is 0 Å². The highest BCUT2D eigenvalue weighted by Crippen LogP contribution is 2.24. The largest absolute Gasteiger partial charge is 0.396 e. The number of nitrogens with one attached hydrogen (secondary N) is 1. The fourth-order valence-electron chi connectivity index (χ4n) is 2.96. The van der Waals surface area contributed by atoms with Gasteiger partial charge in [0.15, 0.2) is 0 Å². The number of carbonyl (C=O) groups excluding carboxylic acids is 2. The highest BCUT2D eigenvalue weighted by molar-refractivity contribution is 5.97. The Morgan fingerprint density at radius 1 is 1.36 bits per heavy atom. The van der Waals surface area contributed by atoms with Gasteiger partial charge in [-0.3, -0.25) is 9.59 Å². The van der Waals surface area contributed by atoms with Crippen molar-refractivity contribution in [2.24, 2.45) is 0 Å². The van der Waals surface area contributed by atoms with E-state index in [1.807, 2.05) is 17.9 Å². The normalized spacial score (nSPS) is 18.1. The van der Waals surface area contributed by atoms with E-state index in [0.717, 1.165) is 31.4 Å². The van der Waals surface area contributed by atoms with E-state index in [9.17, 15) is 14.7 Å². The monoisotopic (exact) mass is 304 g/mol. The topological polar surface area (TPSA) is 69.6 Å². The van der Waals surface area contributed by atoms with Gasteiger partial charge in [0.05, 0.1) is 0 Å². The van der Waals surface area contributed by atoms with Gasteiger partial charge in [-0.2, -0.15) is 0 Å². The zero-order valence-electron chi connectivity index (χ0n) is 13.3. The molecule has 0 aliphatic carbocycles. The van der Waals surface area contributed by atoms with Crippen molar-refractivity contribution in [1.29, 1.82) is 0 Å². The SMILES string of the molecule is CC(=O)Nc1cc(C(=O)N2CCCCC2CCO)ccc1C. The number of benzene rings is 1. The van der Waals surface area contributed by atoms with Gasteiger partial charge in [0, 0.05) is 37.4 Å². The number of rotatable bonds is 4. The molecule has 0 saturated carbocycles. The van der Waals surface area contributed by atoms with E-state index in [4.69, 9.17) is 0 Å². The van der Waals surface area contributed by atoms with Crippen molar-refractivity contribution < 1.29 is 14.7 Å². The van der Waals surface area contributed by atoms with E-state index in [2.05, 4.69) is 5.32 Å². The van der Waals surface area contributed by atoms with E-state index >= 15 is 0 Å². The highest BCUT2D eigenvalue weighted by Gasteiger charge is 2.27. The summed E-state index contributed by atoms with van der Waals surface area (Å²) in [5, 5.41) is 11.9. The minimum atomic E-state index is -0.149. The van der Waals surface area contributed by atoms with Crippen LogP contribution in [0.15, 0.2) is 18.2 Å². The molecule has 1 aromatic rings. The smallest absolute Gasteiger partial charge is 0.254 e. The third-order valence-electron chi connectivity index (χ3n) is 4.15. The molecule has 2 N–H and O–H groups in total. The molecule has 0 aromatic heterocycles. The lowest BCUT2D eigenvalue weighted by molar-refractivity contribution is -0.114. The van der Waals surface area contributed by atoms with Gasteiger partial charge < -0.3 is 15.3 Å². The molecule has 5 heteroatoms. The molecule has 0 radical (unpaired) electrons. The Morgan fingerprint density at radius 2 is 2.14 bits per heavy atom. The van der Waals surface area contributed by atoms with Gasteiger partial charge in [0.1, 0.15) is 0 Å². The number of aliphatic hydroxyl groups is 1. The number of aryl methyl sites for hydroxylation is 1. The van der Waals surface area contributed by atoms with Crippen molar-refractivity contribution in [3.8, 4) is 0 Å². The minimum absolute atomic E-state index is 0.0234. The summed E-state index contributed by atoms with van der Waals surface area (Å²) in [7, 11) is 0. The first-order valence-electron chi connectivity index (χ1n) is 7.83. The lowest BCUT2D eigenvalue weighted by atomic mass is 9.98. The third kappa shape index (κ3) is 3.85. The van der Waals surface area contributed by atoms with Crippen molar-refractivity contribution in [3.05, 3.63) is 29.3 Å². The predicted octanol–water partition coefficient (Wildman–Crippen LogP) is 2.33. The molecule has 5 nitrogen and oxygen atoms in total. The second kappa shape index (κ2) is 7.40. The predicted molar refractivity (Wildman–Crippen MR) is 85.9 cm³/mol. The van der Waals surface area contributed by atoms with Crippen LogP contribution in [-0.2, 0) is 4.79 Å². The molecule has 1 fully saturated rings. The number of piperidine rings is 1. The van der Waals surface area contributed by atoms with Crippen LogP contribution in [0.3, 0.4) is 0 Å². The van der Waals surface area contributed by atoms with Crippen LogP contribution in [0.2, 0.25) is 0 Å². The Labute approximate surface area is 131 Å². The number of carbonyl (C=O) groups is 2. The van der Waals surface area contributed by atoms with Gasteiger partial charge in [-0.25, -0.2) is 0 Å². The van der Waals surface area contributed by atoms with E-state index in [0.29, 0.717) is 17.7 Å². The number of nitrogens with zero attached hydrogens (tertiary/aromatic N) is 1. The van der Waals surface area contributed by atoms with Crippen molar-refractivity contribution in [2.75, 3.05) is 18.5 Å². The van der Waals surface area contributed by atoms with Crippen molar-refractivity contribution >= 4 is 17.5 Å². The lowest BCUT2D eigenvalue weighted by Crippen LogP contribution is -2.44. The first-order chi connectivity index (χ1) is 10.5. The van der Waals surface area contributed by atoms with Crippen molar-refractivity contribution in [2.45, 2.75) is 45.6 Å². The first-order valence-corrected chi connectivity index (χ1v) is 7.83. The molecule has 1 atom stereocenters. The van der Waals surface area contributed by atoms with E-state index < -0.39 is 0 Å². The Morgan fingerprint density at radius 3 is 2.82 bits per heavy atom. The van der Waals surface area contributed by atoms with Crippen molar-refractivity contribution in [1.82, 2.24) is 4.90 Å². The van der Waals surface area contributed by atoms with Crippen LogP contribution in [0.5, 0.6) is 0 Å². The number of aliphatic hydroxyl groups excluding tert-OH is 1. The van der Waals surface area contributed by atoms with Crippen LogP contribution in [0.25, 0.3) is 0 Å². The molecule has 0 bridgehead atoms. The van der Waals surface area contributed by atoms with Crippen LogP contribution in [0, 0.1) is 6.92 Å². The average Bonchev–Trinajstić information content (AvgIpc) is 2.49. The molecule has 2 rings (SSSR count). The van der Waals surface area contributed by atoms with Crippen molar-refractivity contribution in [3.63, 3.8) is 0 Å². The van der Waals surface area contributed by atoms with Crippen LogP contribution in [0.4, 0.5) is 5.69 Å². The molecule has 120 valence electrons. The van der Waals surface area contributed by atoms with Gasteiger partial charge in [-0.15, -0.1) is 0 Å². The third-order valence-corrected chi connectivity index (χ3v) is 4.15. The molecule has 22 heavy (non-hydrogen) atoms. The van der Waals surface area contributed by atoms with E-state index in [-0.39, 0.29) is 24.5 Å². The Balaban J connectivity index is 2.22. The summed E-state index contributed by atoms with van der Waals surface area (Å²) in [4.78, 5) is 25.9. The Kier molecular flexibility index (Phi) is 5.55. The molecule has 1 unspecified atom stereocenters. The van der Waals surface area contributed by atoms with Crippen LogP contribution >= 0.6 is 0 Å². The summed E-state index contributed by atoms with van der Waals surface area (Å²) >= 11 is 0. The van der Waals surface area contributed by atoms with Gasteiger partial charge in [-0.1, -0.05) is 6.07 Å². The second-order valence-corrected chi connectivity index (χ2v) is 5.87. The summed E-state index contributed by atoms with van der Waals surface area (Å²) in [6.45, 7) is 4.18. The minimum Gasteiger partial charge on any atom is -0.396 e. The number of amides is 2. The average molecular weight is 304 g/mol. The Hall–Kier alpha value is -1.88. The zero-order chi connectivity index (χ0) is 16.1. The van der Waals surface area contributed by atoms with Crippen LogP contribution in [-0.4, -0.2) is 41.0 Å². The molecule has 0 spiro atoms. The number of anilines is 1. The lowest BCUT2D eigenvalue weighted by Gasteiger charge is -2.35. The van der Waals surface area contributed by atoms with E-state index in [1.165, 1.54) is 6.92 Å². The fraction of sp³-hybridized carbons (Fsp3) is 0.529. The fourth-order valence-corrected chi connectivity index (χ4v) is 2.96. The molecular formula is C17H24N2O3. The zero-order valence-corrected chi connectivity index (χ0v) is 13.3. The standard InChI is InChI=1S/C17H24N2O3/c1-12-6-7-14(11-16(12)18-13(2)21)17(22)19-9-4-3-5-15(19)8-10-20/h6-7,11,15,20H,3-5,8-10H2,1-2H3,(H,18,21). The Bertz CT molecular complexity index is 555. The summed E-state index contributed by atoms with van der Waals surface area (Å²) in [6.07, 6.45) is 3.66. The maximum atomic E-state index is 12.8. The molecule has 1 saturated heterocycles. The van der Waals surface area contributed by atoms with Gasteiger partial charge in [-0.05, 0) is 50.3 Å². The maximum Gasteiger partial charge on any atom is 0.254 e. The second-order valence-electron chi connectivity index (χ2n) is 5.87. The van der Waals surface area contributed by atoms with E-state index in [1.54, 1.807) is 12.1 Å². The summed E-state index contributed by atoms with van der Waals surface area (Å²) in [5.41, 5.74) is 2.19. The molecule has 2 amide bonds. The molecular weight excluding hydrogens is 280 g/mol. The van der Waals surface area contributed by atoms with Gasteiger partial charge in [0.25, 0.3) is 5.91 Å². The quantitative estimate of drug-likeness (QED) is 0.897. The molecule has 1 aliphatic rings. The highest BCUT2D eigenvalue weighted by atomic mass is 16.3. The van der Waals surface area contributed by atoms with Gasteiger partial charge in [0.2, 0.25) is 5.91 Å². The van der Waals surface area contributed by atoms with Crippen LogP contribution in [0.1, 0.15) is 48.5 Å². The summed E-state index contributed by atoms with van der Waals surface area (Å²) < 4.78 is 0. The molecule has 1 aliphatic heterocycles. The molecule has 1 aromatic carbocycles. The number of hydrogen-bond donors (Lipinski definition) is 2. The number of hydrogen-bond acceptors (Lipinski definition) is 3. The number of likely N-dealkylation sites (tertiary alicyclic amines) is 1. The summed E-state index contributed by atoms with van der Waals surface area (Å²) in [6, 6.07) is 5.50. The molecule has 1 heterocycles. The first kappa shape index (κ1) is 16.5. The maximum absolute atomic E-state index is 12.8. The summed E-state index contributed by atoms with van der Waals surface area (Å²) in [5.74, 6) is -0.173. The van der Waals surface area contributed by atoms with Crippen LogP contribution < -0.4 is 5.32 Å².